The van der Waals surface area contributed by atoms with Crippen LogP contribution in [-0.4, -0.2) is 39.9 Å². The smallest absolute Gasteiger partial charge is 0.291 e. The van der Waals surface area contributed by atoms with E-state index in [0.717, 1.165) is 0 Å². The van der Waals surface area contributed by atoms with E-state index in [1.807, 2.05) is 6.92 Å². The number of nitrogens with two attached hydrogens (primary N) is 1. The topological polar surface area (TPSA) is 105 Å². The summed E-state index contributed by atoms with van der Waals surface area (Å²) in [5.41, 5.74) is 5.96. The Balaban J connectivity index is 2.08. The van der Waals surface area contributed by atoms with E-state index in [4.69, 9.17) is 15.4 Å². The molecule has 1 fully saturated rings. The molecule has 1 saturated heterocycles. The van der Waals surface area contributed by atoms with Crippen molar-refractivity contribution in [2.24, 2.45) is 16.3 Å². The van der Waals surface area contributed by atoms with Crippen molar-refractivity contribution < 1.29 is 14.4 Å². The van der Waals surface area contributed by atoms with E-state index in [2.05, 4.69) is 10.1 Å². The van der Waals surface area contributed by atoms with Crippen LogP contribution in [0.5, 0.6) is 0 Å². The molecule has 0 unspecified atom stereocenters. The fourth-order valence-electron chi connectivity index (χ4n) is 2.45. The van der Waals surface area contributed by atoms with Gasteiger partial charge in [-0.2, -0.15) is 0 Å². The van der Waals surface area contributed by atoms with Gasteiger partial charge in [0.05, 0.1) is 5.69 Å². The Labute approximate surface area is 117 Å². The highest BCUT2D eigenvalue weighted by atomic mass is 16.4. The summed E-state index contributed by atoms with van der Waals surface area (Å²) < 4.78 is 5.36. The lowest BCUT2D eigenvalue weighted by Gasteiger charge is -2.38. The molecule has 1 aromatic rings. The van der Waals surface area contributed by atoms with Crippen molar-refractivity contribution in [1.82, 2.24) is 9.88 Å². The summed E-state index contributed by atoms with van der Waals surface area (Å²) in [6, 6.07) is 0. The quantitative estimate of drug-likeness (QED) is 0.367. The van der Waals surface area contributed by atoms with Crippen molar-refractivity contribution in [3.63, 3.8) is 0 Å². The third-order valence-corrected chi connectivity index (χ3v) is 3.98. The minimum Gasteiger partial charge on any atom is -0.436 e. The van der Waals surface area contributed by atoms with Gasteiger partial charge in [0.25, 0.3) is 5.91 Å². The maximum atomic E-state index is 12.4. The first kappa shape index (κ1) is 14.4. The van der Waals surface area contributed by atoms with Crippen LogP contribution in [0, 0.1) is 19.3 Å². The summed E-state index contributed by atoms with van der Waals surface area (Å²) in [5.74, 6) is 0.861. The van der Waals surface area contributed by atoms with Gasteiger partial charge in [0.2, 0.25) is 5.76 Å². The molecule has 0 bridgehead atoms. The van der Waals surface area contributed by atoms with E-state index in [1.165, 1.54) is 0 Å². The Morgan fingerprint density at radius 2 is 2.05 bits per heavy atom. The van der Waals surface area contributed by atoms with Crippen LogP contribution in [0.15, 0.2) is 9.57 Å². The molecule has 0 saturated carbocycles. The average Bonchev–Trinajstić information content (AvgIpc) is 2.76. The number of amidine groups is 1. The van der Waals surface area contributed by atoms with Gasteiger partial charge in [-0.1, -0.05) is 12.1 Å². The lowest BCUT2D eigenvalue weighted by molar-refractivity contribution is 0.0632. The Morgan fingerprint density at radius 3 is 2.50 bits per heavy atom. The Bertz CT molecular complexity index is 542. The van der Waals surface area contributed by atoms with Gasteiger partial charge < -0.3 is 20.3 Å². The molecular formula is C13H20N4O3. The summed E-state index contributed by atoms with van der Waals surface area (Å²) in [6.45, 7) is 6.51. The Morgan fingerprint density at radius 1 is 1.45 bits per heavy atom. The Hall–Kier alpha value is -2.05. The molecule has 7 nitrogen and oxygen atoms in total. The average molecular weight is 280 g/mol. The number of oxazole rings is 1. The van der Waals surface area contributed by atoms with Crippen LogP contribution in [0.3, 0.4) is 0 Å². The number of amides is 1. The second-order valence-corrected chi connectivity index (χ2v) is 5.49. The first-order valence-corrected chi connectivity index (χ1v) is 6.59. The summed E-state index contributed by atoms with van der Waals surface area (Å²) in [7, 11) is 0. The van der Waals surface area contributed by atoms with E-state index in [-0.39, 0.29) is 17.2 Å². The van der Waals surface area contributed by atoms with Gasteiger partial charge in [-0.15, -0.1) is 0 Å². The number of hydrogen-bond donors (Lipinski definition) is 2. The molecule has 7 heteroatoms. The molecular weight excluding hydrogens is 260 g/mol. The van der Waals surface area contributed by atoms with Gasteiger partial charge in [-0.05, 0) is 19.8 Å². The maximum Gasteiger partial charge on any atom is 0.291 e. The number of hydrogen-bond acceptors (Lipinski definition) is 5. The molecule has 0 aliphatic carbocycles. The van der Waals surface area contributed by atoms with E-state index >= 15 is 0 Å². The van der Waals surface area contributed by atoms with E-state index < -0.39 is 0 Å². The monoisotopic (exact) mass is 280 g/mol. The molecule has 3 N–H and O–H groups in total. The second-order valence-electron chi connectivity index (χ2n) is 5.49. The van der Waals surface area contributed by atoms with Crippen molar-refractivity contribution >= 4 is 11.7 Å². The number of aryl methyl sites for hydroxylation is 2. The minimum absolute atomic E-state index is 0.148. The standard InChI is InChI=1S/C13H20N4O3/c1-8-10(20-9(2)15-8)11(18)17-6-4-13(3,5-7-17)12(14)16-19/h19H,4-7H2,1-3H3,(H2,14,16). The van der Waals surface area contributed by atoms with Crippen LogP contribution < -0.4 is 5.73 Å². The van der Waals surface area contributed by atoms with Crippen molar-refractivity contribution in [3.05, 3.63) is 17.3 Å². The molecule has 2 heterocycles. The molecule has 110 valence electrons. The van der Waals surface area contributed by atoms with Gasteiger partial charge in [0, 0.05) is 25.4 Å². The van der Waals surface area contributed by atoms with Crippen LogP contribution in [-0.2, 0) is 0 Å². The lowest BCUT2D eigenvalue weighted by atomic mass is 9.79. The molecule has 1 aliphatic rings. The van der Waals surface area contributed by atoms with Gasteiger partial charge in [-0.3, -0.25) is 4.79 Å². The summed E-state index contributed by atoms with van der Waals surface area (Å²) in [5, 5.41) is 11.9. The van der Waals surface area contributed by atoms with Crippen LogP contribution in [0.1, 0.15) is 41.9 Å². The second kappa shape index (κ2) is 5.15. The zero-order valence-corrected chi connectivity index (χ0v) is 12.0. The van der Waals surface area contributed by atoms with Crippen LogP contribution in [0.4, 0.5) is 0 Å². The van der Waals surface area contributed by atoms with Crippen molar-refractivity contribution in [2.75, 3.05) is 13.1 Å². The fraction of sp³-hybridized carbons (Fsp3) is 0.615. The molecule has 2 rings (SSSR count). The third kappa shape index (κ3) is 2.48. The summed E-state index contributed by atoms with van der Waals surface area (Å²) in [6.07, 6.45) is 1.31. The summed E-state index contributed by atoms with van der Waals surface area (Å²) in [4.78, 5) is 18.2. The number of oxime groups is 1. The molecule has 1 amide bonds. The molecule has 0 atom stereocenters. The number of rotatable bonds is 2. The molecule has 1 aromatic heterocycles. The molecule has 0 spiro atoms. The number of piperidine rings is 1. The number of carbonyl (C=O) groups is 1. The normalized spacial score (nSPS) is 19.1. The van der Waals surface area contributed by atoms with Crippen molar-refractivity contribution in [3.8, 4) is 0 Å². The maximum absolute atomic E-state index is 12.4. The van der Waals surface area contributed by atoms with Gasteiger partial charge in [-0.25, -0.2) is 4.98 Å². The zero-order valence-electron chi connectivity index (χ0n) is 12.0. The highest BCUT2D eigenvalue weighted by Crippen LogP contribution is 2.31. The highest BCUT2D eigenvalue weighted by Gasteiger charge is 2.36. The highest BCUT2D eigenvalue weighted by molar-refractivity contribution is 5.93. The van der Waals surface area contributed by atoms with Crippen molar-refractivity contribution in [2.45, 2.75) is 33.6 Å². The molecule has 20 heavy (non-hydrogen) atoms. The SMILES string of the molecule is Cc1nc(C)c(C(=O)N2CCC(C)(C(N)=NO)CC2)o1. The first-order chi connectivity index (χ1) is 9.37. The van der Waals surface area contributed by atoms with E-state index in [9.17, 15) is 4.79 Å². The lowest BCUT2D eigenvalue weighted by Crippen LogP contribution is -2.47. The van der Waals surface area contributed by atoms with Crippen LogP contribution in [0.2, 0.25) is 0 Å². The van der Waals surface area contributed by atoms with E-state index in [0.29, 0.717) is 43.3 Å². The molecule has 0 radical (unpaired) electrons. The number of aromatic nitrogens is 1. The fourth-order valence-corrected chi connectivity index (χ4v) is 2.45. The Kier molecular flexibility index (Phi) is 3.69. The number of likely N-dealkylation sites (tertiary alicyclic amines) is 1. The van der Waals surface area contributed by atoms with E-state index in [1.54, 1.807) is 18.7 Å². The van der Waals surface area contributed by atoms with Crippen LogP contribution >= 0.6 is 0 Å². The van der Waals surface area contributed by atoms with Crippen LogP contribution in [0.25, 0.3) is 0 Å². The third-order valence-electron chi connectivity index (χ3n) is 3.98. The molecule has 1 aliphatic heterocycles. The summed E-state index contributed by atoms with van der Waals surface area (Å²) >= 11 is 0. The molecule has 0 aromatic carbocycles. The largest absolute Gasteiger partial charge is 0.436 e. The predicted octanol–water partition coefficient (Wildman–Crippen LogP) is 1.28. The van der Waals surface area contributed by atoms with Gasteiger partial charge in [0.15, 0.2) is 5.89 Å². The predicted molar refractivity (Wildman–Crippen MR) is 72.6 cm³/mol. The van der Waals surface area contributed by atoms with Crippen molar-refractivity contribution in [1.29, 1.82) is 0 Å². The first-order valence-electron chi connectivity index (χ1n) is 6.59. The van der Waals surface area contributed by atoms with Gasteiger partial charge >= 0.3 is 0 Å². The number of carbonyl (C=O) groups excluding carboxylic acids is 1. The minimum atomic E-state index is -0.363. The van der Waals surface area contributed by atoms with Gasteiger partial charge in [0.1, 0.15) is 5.84 Å². The number of nitrogens with zero attached hydrogens (tertiary/aromatic N) is 3. The zero-order chi connectivity index (χ0) is 14.9.